The van der Waals surface area contributed by atoms with Gasteiger partial charge < -0.3 is 4.42 Å². The van der Waals surface area contributed by atoms with Gasteiger partial charge in [0.1, 0.15) is 11.2 Å². The van der Waals surface area contributed by atoms with E-state index in [0.29, 0.717) is 17.5 Å². The number of hydrogen-bond donors (Lipinski definition) is 0. The molecule has 2 aromatic heterocycles. The van der Waals surface area contributed by atoms with Crippen LogP contribution in [0.5, 0.6) is 0 Å². The number of benzene rings is 8. The molecule has 4 nitrogen and oxygen atoms in total. The first-order valence-electron chi connectivity index (χ1n) is 18.9. The maximum Gasteiger partial charge on any atom is 0.179 e. The van der Waals surface area contributed by atoms with Crippen molar-refractivity contribution in [3.05, 3.63) is 212 Å². The van der Waals surface area contributed by atoms with Crippen molar-refractivity contribution in [2.24, 2.45) is 0 Å². The minimum atomic E-state index is -2.80. The van der Waals surface area contributed by atoms with Gasteiger partial charge in [0.2, 0.25) is 0 Å². The predicted octanol–water partition coefficient (Wildman–Crippen LogP) is 9.82. The molecule has 8 aromatic carbocycles. The van der Waals surface area contributed by atoms with Gasteiger partial charge in [0.05, 0.1) is 0 Å². The summed E-state index contributed by atoms with van der Waals surface area (Å²) in [4.78, 5) is 15.7. The van der Waals surface area contributed by atoms with Crippen molar-refractivity contribution < 1.29 is 4.42 Å². The second-order valence-corrected chi connectivity index (χ2v) is 17.8. The molecule has 0 N–H and O–H groups in total. The van der Waals surface area contributed by atoms with E-state index < -0.39 is 8.07 Å². The zero-order chi connectivity index (χ0) is 37.3. The normalized spacial score (nSPS) is 11.6. The van der Waals surface area contributed by atoms with E-state index in [9.17, 15) is 0 Å². The molecule has 0 aliphatic carbocycles. The van der Waals surface area contributed by atoms with Crippen LogP contribution in [0.15, 0.2) is 217 Å². The average molecular weight is 734 g/mol. The Morgan fingerprint density at radius 2 is 0.768 bits per heavy atom. The number of rotatable bonds is 8. The molecule has 0 aliphatic rings. The maximum absolute atomic E-state index is 6.31. The topological polar surface area (TPSA) is 51.8 Å². The van der Waals surface area contributed by atoms with E-state index in [1.165, 1.54) is 20.7 Å². The van der Waals surface area contributed by atoms with E-state index in [2.05, 4.69) is 176 Å². The molecule has 0 fully saturated rings. The van der Waals surface area contributed by atoms with Crippen molar-refractivity contribution in [3.63, 3.8) is 0 Å². The lowest BCUT2D eigenvalue weighted by molar-refractivity contribution is 0.669. The standard InChI is InChI=1S/C51H35N3OSi/c1-5-17-36(18-6-1)37-31-33-38(34-32-37)49-52-50(54-51(53-49)45-28-16-30-47-48(45)44-27-13-14-29-46(44)55-47)39-19-15-26-43(35-39)56(40-20-7-2-8-21-40,41-22-9-3-10-23-41)42-24-11-4-12-25-42/h1-35H. The molecule has 0 saturated carbocycles. The molecule has 2 heterocycles. The van der Waals surface area contributed by atoms with E-state index in [1.54, 1.807) is 0 Å². The van der Waals surface area contributed by atoms with Gasteiger partial charge in [-0.15, -0.1) is 0 Å². The van der Waals surface area contributed by atoms with Crippen molar-refractivity contribution in [3.8, 4) is 45.3 Å². The van der Waals surface area contributed by atoms with Crippen LogP contribution in [0.25, 0.3) is 67.2 Å². The molecule has 0 amide bonds. The van der Waals surface area contributed by atoms with Crippen molar-refractivity contribution in [1.82, 2.24) is 15.0 Å². The molecular formula is C51H35N3OSi. The molecule has 56 heavy (non-hydrogen) atoms. The molecule has 0 bridgehead atoms. The van der Waals surface area contributed by atoms with Gasteiger partial charge >= 0.3 is 0 Å². The number of hydrogen-bond acceptors (Lipinski definition) is 4. The third-order valence-corrected chi connectivity index (χ3v) is 15.5. The van der Waals surface area contributed by atoms with Crippen LogP contribution < -0.4 is 20.7 Å². The summed E-state index contributed by atoms with van der Waals surface area (Å²) in [6.07, 6.45) is 0. The first-order chi connectivity index (χ1) is 27.8. The summed E-state index contributed by atoms with van der Waals surface area (Å²) in [5.41, 5.74) is 6.66. The number of nitrogens with zero attached hydrogens (tertiary/aromatic N) is 3. The summed E-state index contributed by atoms with van der Waals surface area (Å²) in [7, 11) is -2.80. The van der Waals surface area contributed by atoms with E-state index in [1.807, 2.05) is 36.4 Å². The van der Waals surface area contributed by atoms with Gasteiger partial charge in [-0.25, -0.2) is 15.0 Å². The lowest BCUT2D eigenvalue weighted by Crippen LogP contribution is -2.74. The Kier molecular flexibility index (Phi) is 8.47. The Bertz CT molecular complexity index is 2850. The molecule has 0 spiro atoms. The quantitative estimate of drug-likeness (QED) is 0.115. The highest BCUT2D eigenvalue weighted by atomic mass is 28.3. The van der Waals surface area contributed by atoms with Crippen LogP contribution in [0.1, 0.15) is 0 Å². The maximum atomic E-state index is 6.31. The monoisotopic (exact) mass is 733 g/mol. The van der Waals surface area contributed by atoms with E-state index in [4.69, 9.17) is 19.4 Å². The number of fused-ring (bicyclic) bond motifs is 3. The molecular weight excluding hydrogens is 699 g/mol. The van der Waals surface area contributed by atoms with E-state index in [0.717, 1.165) is 49.8 Å². The van der Waals surface area contributed by atoms with Crippen molar-refractivity contribution in [2.75, 3.05) is 0 Å². The largest absolute Gasteiger partial charge is 0.456 e. The lowest BCUT2D eigenvalue weighted by Gasteiger charge is -2.34. The molecule has 0 radical (unpaired) electrons. The second kappa shape index (κ2) is 14.2. The predicted molar refractivity (Wildman–Crippen MR) is 232 cm³/mol. The number of para-hydroxylation sites is 1. The molecule has 0 saturated heterocycles. The van der Waals surface area contributed by atoms with Gasteiger partial charge in [0, 0.05) is 27.5 Å². The summed E-state index contributed by atoms with van der Waals surface area (Å²) < 4.78 is 6.31. The lowest BCUT2D eigenvalue weighted by atomic mass is 10.0. The highest BCUT2D eigenvalue weighted by Crippen LogP contribution is 2.36. The van der Waals surface area contributed by atoms with Gasteiger partial charge in [0.25, 0.3) is 0 Å². The fraction of sp³-hybridized carbons (Fsp3) is 0. The van der Waals surface area contributed by atoms with Gasteiger partial charge in [-0.1, -0.05) is 200 Å². The summed E-state index contributed by atoms with van der Waals surface area (Å²) in [5.74, 6) is 1.82. The first kappa shape index (κ1) is 33.4. The van der Waals surface area contributed by atoms with Crippen molar-refractivity contribution in [1.29, 1.82) is 0 Å². The van der Waals surface area contributed by atoms with Crippen LogP contribution in [0.3, 0.4) is 0 Å². The van der Waals surface area contributed by atoms with Crippen LogP contribution in [0.2, 0.25) is 0 Å². The number of aromatic nitrogens is 3. The molecule has 10 aromatic rings. The summed E-state index contributed by atoms with van der Waals surface area (Å²) in [6, 6.07) is 74.9. The SMILES string of the molecule is c1ccc(-c2ccc(-c3nc(-c4cccc([Si](c5ccccc5)(c5ccccc5)c5ccccc5)c4)nc(-c4cccc5oc6ccccc6c45)n3)cc2)cc1. The van der Waals surface area contributed by atoms with Crippen LogP contribution >= 0.6 is 0 Å². The van der Waals surface area contributed by atoms with Crippen LogP contribution in [0.4, 0.5) is 0 Å². The zero-order valence-electron chi connectivity index (χ0n) is 30.5. The molecule has 0 atom stereocenters. The van der Waals surface area contributed by atoms with Gasteiger partial charge in [-0.2, -0.15) is 0 Å². The molecule has 0 unspecified atom stereocenters. The first-order valence-corrected chi connectivity index (χ1v) is 20.9. The Morgan fingerprint density at radius 1 is 0.321 bits per heavy atom. The highest BCUT2D eigenvalue weighted by Gasteiger charge is 2.41. The smallest absolute Gasteiger partial charge is 0.179 e. The average Bonchev–Trinajstić information content (AvgIpc) is 3.67. The summed E-state index contributed by atoms with van der Waals surface area (Å²) in [5, 5.41) is 7.19. The van der Waals surface area contributed by atoms with Gasteiger partial charge in [-0.3, -0.25) is 0 Å². The molecule has 0 aliphatic heterocycles. The van der Waals surface area contributed by atoms with Crippen LogP contribution in [0, 0.1) is 0 Å². The summed E-state index contributed by atoms with van der Waals surface area (Å²) >= 11 is 0. The summed E-state index contributed by atoms with van der Waals surface area (Å²) in [6.45, 7) is 0. The molecule has 10 rings (SSSR count). The molecule has 5 heteroatoms. The molecule has 264 valence electrons. The Hall–Kier alpha value is -7.21. The second-order valence-electron chi connectivity index (χ2n) is 14.0. The Morgan fingerprint density at radius 3 is 1.41 bits per heavy atom. The number of furan rings is 1. The van der Waals surface area contributed by atoms with E-state index in [-0.39, 0.29) is 0 Å². The van der Waals surface area contributed by atoms with Crippen LogP contribution in [-0.2, 0) is 0 Å². The third-order valence-electron chi connectivity index (χ3n) is 10.7. The fourth-order valence-corrected chi connectivity index (χ4v) is 12.9. The van der Waals surface area contributed by atoms with Crippen molar-refractivity contribution in [2.45, 2.75) is 0 Å². The van der Waals surface area contributed by atoms with E-state index >= 15 is 0 Å². The minimum absolute atomic E-state index is 0.595. The van der Waals surface area contributed by atoms with Gasteiger partial charge in [-0.05, 0) is 44.0 Å². The van der Waals surface area contributed by atoms with Gasteiger partial charge in [0.15, 0.2) is 25.5 Å². The zero-order valence-corrected chi connectivity index (χ0v) is 31.5. The third kappa shape index (κ3) is 5.82. The fourth-order valence-electron chi connectivity index (χ4n) is 8.11. The Balaban J connectivity index is 1.20. The van der Waals surface area contributed by atoms with Crippen molar-refractivity contribution >= 4 is 50.8 Å². The minimum Gasteiger partial charge on any atom is -0.456 e. The van der Waals surface area contributed by atoms with Crippen LogP contribution in [-0.4, -0.2) is 23.0 Å². The Labute approximate surface area is 326 Å². The highest BCUT2D eigenvalue weighted by molar-refractivity contribution is 7.19.